The van der Waals surface area contributed by atoms with Crippen molar-refractivity contribution in [1.29, 1.82) is 5.41 Å². The van der Waals surface area contributed by atoms with Crippen LogP contribution in [0.4, 0.5) is 4.39 Å². The minimum absolute atomic E-state index is 0.271. The second-order valence-corrected chi connectivity index (χ2v) is 3.37. The number of hydrogen-bond donors (Lipinski definition) is 2. The summed E-state index contributed by atoms with van der Waals surface area (Å²) in [6.45, 7) is 9.26. The van der Waals surface area contributed by atoms with Crippen molar-refractivity contribution in [2.24, 2.45) is 5.92 Å². The van der Waals surface area contributed by atoms with Crippen molar-refractivity contribution in [1.82, 2.24) is 5.32 Å². The number of hydrogen-bond acceptors (Lipinski definition) is 2. The molecular weight excluding hydrogens is 179 g/mol. The molecule has 0 bridgehead atoms. The normalized spacial score (nSPS) is 12.2. The van der Waals surface area contributed by atoms with Gasteiger partial charge in [0.2, 0.25) is 0 Å². The molecule has 0 rings (SSSR count). The molecule has 0 aliphatic carbocycles. The summed E-state index contributed by atoms with van der Waals surface area (Å²) in [7, 11) is 0. The molecule has 0 aromatic rings. The molecule has 0 spiro atoms. The molecule has 0 heterocycles. The number of allylic oxidation sites excluding steroid dienone is 4. The molecule has 0 aromatic heterocycles. The van der Waals surface area contributed by atoms with E-state index in [0.29, 0.717) is 5.71 Å². The topological polar surface area (TPSA) is 35.9 Å². The largest absolute Gasteiger partial charge is 0.363 e. The standard InChI is InChI=1S/C11H17FN2/c1-8(2)10(4)14-7-11(12)6-5-9(3)13/h5-8,13-14H,4H2,1-3H3/b6-5-,11-7+,13-9?. The third-order valence-corrected chi connectivity index (χ3v) is 1.58. The Labute approximate surface area is 84.7 Å². The van der Waals surface area contributed by atoms with Gasteiger partial charge in [-0.15, -0.1) is 0 Å². The van der Waals surface area contributed by atoms with Crippen LogP contribution in [-0.2, 0) is 0 Å². The first-order chi connectivity index (χ1) is 6.43. The molecular formula is C11H17FN2. The van der Waals surface area contributed by atoms with E-state index in [2.05, 4.69) is 11.9 Å². The SMILES string of the molecule is C=C(N/C=C(F)\C=C/C(C)=N)C(C)C. The third kappa shape index (κ3) is 6.17. The Hall–Kier alpha value is -1.38. The highest BCUT2D eigenvalue weighted by molar-refractivity contribution is 5.90. The van der Waals surface area contributed by atoms with Crippen LogP contribution in [0.25, 0.3) is 0 Å². The van der Waals surface area contributed by atoms with Crippen molar-refractivity contribution in [2.45, 2.75) is 20.8 Å². The van der Waals surface area contributed by atoms with Gasteiger partial charge in [-0.3, -0.25) is 0 Å². The Bertz CT molecular complexity index is 275. The number of rotatable bonds is 5. The van der Waals surface area contributed by atoms with Crippen LogP contribution in [0.15, 0.2) is 36.5 Å². The second-order valence-electron chi connectivity index (χ2n) is 3.37. The van der Waals surface area contributed by atoms with Gasteiger partial charge in [-0.2, -0.15) is 0 Å². The van der Waals surface area contributed by atoms with Gasteiger partial charge in [0.25, 0.3) is 0 Å². The van der Waals surface area contributed by atoms with Crippen molar-refractivity contribution in [3.8, 4) is 0 Å². The Morgan fingerprint density at radius 3 is 2.43 bits per heavy atom. The molecule has 0 unspecified atom stereocenters. The summed E-state index contributed by atoms with van der Waals surface area (Å²) in [5.74, 6) is -0.147. The molecule has 0 aromatic carbocycles. The van der Waals surface area contributed by atoms with E-state index in [1.54, 1.807) is 6.92 Å². The summed E-state index contributed by atoms with van der Waals surface area (Å²) in [6, 6.07) is 0. The highest BCUT2D eigenvalue weighted by Gasteiger charge is 1.96. The number of halogens is 1. The fraction of sp³-hybridized carbons (Fsp3) is 0.364. The maximum Gasteiger partial charge on any atom is 0.139 e. The smallest absolute Gasteiger partial charge is 0.139 e. The molecule has 78 valence electrons. The molecule has 14 heavy (non-hydrogen) atoms. The molecule has 3 heteroatoms. The lowest BCUT2D eigenvalue weighted by Crippen LogP contribution is -2.09. The predicted molar refractivity (Wildman–Crippen MR) is 58.8 cm³/mol. The maximum absolute atomic E-state index is 13.0. The lowest BCUT2D eigenvalue weighted by atomic mass is 10.2. The average molecular weight is 196 g/mol. The molecule has 0 saturated heterocycles. The first-order valence-electron chi connectivity index (χ1n) is 4.47. The lowest BCUT2D eigenvalue weighted by molar-refractivity contribution is 0.647. The molecule has 0 radical (unpaired) electrons. The van der Waals surface area contributed by atoms with Gasteiger partial charge in [-0.25, -0.2) is 4.39 Å². The van der Waals surface area contributed by atoms with Crippen LogP contribution in [0.5, 0.6) is 0 Å². The third-order valence-electron chi connectivity index (χ3n) is 1.58. The van der Waals surface area contributed by atoms with Crippen molar-refractivity contribution < 1.29 is 4.39 Å². The van der Waals surface area contributed by atoms with E-state index < -0.39 is 5.83 Å². The first-order valence-corrected chi connectivity index (χ1v) is 4.47. The molecule has 0 aliphatic heterocycles. The monoisotopic (exact) mass is 196 g/mol. The van der Waals surface area contributed by atoms with E-state index in [-0.39, 0.29) is 5.92 Å². The van der Waals surface area contributed by atoms with E-state index in [1.807, 2.05) is 13.8 Å². The number of nitrogens with one attached hydrogen (secondary N) is 2. The van der Waals surface area contributed by atoms with Gasteiger partial charge in [0.15, 0.2) is 0 Å². The summed E-state index contributed by atoms with van der Waals surface area (Å²) in [5, 5.41) is 9.81. The highest BCUT2D eigenvalue weighted by Crippen LogP contribution is 2.04. The van der Waals surface area contributed by atoms with Gasteiger partial charge < -0.3 is 10.7 Å². The fourth-order valence-corrected chi connectivity index (χ4v) is 0.581. The zero-order valence-corrected chi connectivity index (χ0v) is 8.89. The minimum atomic E-state index is -0.418. The molecule has 0 fully saturated rings. The van der Waals surface area contributed by atoms with Gasteiger partial charge in [0.05, 0.1) is 0 Å². The van der Waals surface area contributed by atoms with E-state index in [0.717, 1.165) is 5.70 Å². The van der Waals surface area contributed by atoms with Crippen LogP contribution in [0, 0.1) is 11.3 Å². The van der Waals surface area contributed by atoms with Gasteiger partial charge in [0, 0.05) is 17.6 Å². The Morgan fingerprint density at radius 2 is 2.00 bits per heavy atom. The van der Waals surface area contributed by atoms with E-state index in [4.69, 9.17) is 5.41 Å². The average Bonchev–Trinajstić information content (AvgIpc) is 2.10. The highest BCUT2D eigenvalue weighted by atomic mass is 19.1. The van der Waals surface area contributed by atoms with Crippen molar-refractivity contribution in [2.75, 3.05) is 0 Å². The van der Waals surface area contributed by atoms with Gasteiger partial charge in [-0.1, -0.05) is 20.4 Å². The van der Waals surface area contributed by atoms with E-state index >= 15 is 0 Å². The van der Waals surface area contributed by atoms with Crippen molar-refractivity contribution in [3.63, 3.8) is 0 Å². The predicted octanol–water partition coefficient (Wildman–Crippen LogP) is 3.15. The molecule has 0 saturated carbocycles. The fourth-order valence-electron chi connectivity index (χ4n) is 0.581. The van der Waals surface area contributed by atoms with Gasteiger partial charge >= 0.3 is 0 Å². The molecule has 0 amide bonds. The maximum atomic E-state index is 13.0. The summed E-state index contributed by atoms with van der Waals surface area (Å²) in [5.41, 5.74) is 1.08. The van der Waals surface area contributed by atoms with Crippen LogP contribution in [0.1, 0.15) is 20.8 Å². The Balaban J connectivity index is 4.13. The molecule has 2 N–H and O–H groups in total. The van der Waals surface area contributed by atoms with E-state index in [9.17, 15) is 4.39 Å². The second kappa shape index (κ2) is 6.13. The van der Waals surface area contributed by atoms with Gasteiger partial charge in [0.1, 0.15) is 5.83 Å². The molecule has 0 atom stereocenters. The Kier molecular flexibility index (Phi) is 5.53. The molecule has 2 nitrogen and oxygen atoms in total. The van der Waals surface area contributed by atoms with Gasteiger partial charge in [-0.05, 0) is 25.0 Å². The summed E-state index contributed by atoms with van der Waals surface area (Å²) in [4.78, 5) is 0. The van der Waals surface area contributed by atoms with Crippen molar-refractivity contribution in [3.05, 3.63) is 36.5 Å². The van der Waals surface area contributed by atoms with Crippen LogP contribution in [0.2, 0.25) is 0 Å². The van der Waals surface area contributed by atoms with E-state index in [1.165, 1.54) is 18.4 Å². The zero-order valence-electron chi connectivity index (χ0n) is 8.89. The molecule has 0 aliphatic rings. The quantitative estimate of drug-likeness (QED) is 0.514. The lowest BCUT2D eigenvalue weighted by Gasteiger charge is -2.07. The summed E-state index contributed by atoms with van der Waals surface area (Å²) < 4.78 is 13.0. The Morgan fingerprint density at radius 1 is 1.43 bits per heavy atom. The van der Waals surface area contributed by atoms with Crippen LogP contribution >= 0.6 is 0 Å². The van der Waals surface area contributed by atoms with Crippen molar-refractivity contribution >= 4 is 5.71 Å². The van der Waals surface area contributed by atoms with Crippen LogP contribution < -0.4 is 5.32 Å². The minimum Gasteiger partial charge on any atom is -0.363 e. The van der Waals surface area contributed by atoms with Crippen LogP contribution in [0.3, 0.4) is 0 Å². The first kappa shape index (κ1) is 12.6. The summed E-state index contributed by atoms with van der Waals surface area (Å²) >= 11 is 0. The summed E-state index contributed by atoms with van der Waals surface area (Å²) in [6.07, 6.45) is 3.87. The van der Waals surface area contributed by atoms with Crippen LogP contribution in [-0.4, -0.2) is 5.71 Å². The zero-order chi connectivity index (χ0) is 11.1.